The molecule has 0 aromatic carbocycles. The highest BCUT2D eigenvalue weighted by atomic mass is 28.2. The van der Waals surface area contributed by atoms with Gasteiger partial charge in [-0.1, -0.05) is 58.8 Å². The minimum atomic E-state index is -0.787. The highest BCUT2D eigenvalue weighted by Crippen LogP contribution is 2.02. The molecule has 0 aliphatic heterocycles. The first kappa shape index (κ1) is 19.9. The minimum Gasteiger partial charge on any atom is -0.522 e. The third kappa shape index (κ3) is 15.1. The Balaban J connectivity index is 3.52. The van der Waals surface area contributed by atoms with Crippen LogP contribution in [0, 0.1) is 0 Å². The Kier molecular flexibility index (Phi) is 14.5. The zero-order valence-electron chi connectivity index (χ0n) is 13.6. The fourth-order valence-electron chi connectivity index (χ4n) is 1.81. The van der Waals surface area contributed by atoms with Crippen LogP contribution < -0.4 is 0 Å². The first-order valence-electron chi connectivity index (χ1n) is 8.22. The van der Waals surface area contributed by atoms with Crippen LogP contribution in [0.3, 0.4) is 0 Å². The summed E-state index contributed by atoms with van der Waals surface area (Å²) in [6.07, 6.45) is 11.4. The lowest BCUT2D eigenvalue weighted by atomic mass is 10.2. The zero-order chi connectivity index (χ0) is 15.8. The molecule has 0 amide bonds. The standard InChI is InChI=1S/C16H30O4Si/c1-3-5-7-9-13-19-15(17)11-12-16(18)20-21-14-10-8-6-4-2/h11-12H,3-10,13-14,21H2,1-2H3/b12-11+. The largest absolute Gasteiger partial charge is 0.522 e. The van der Waals surface area contributed by atoms with Crippen LogP contribution in [0.5, 0.6) is 0 Å². The highest BCUT2D eigenvalue weighted by Gasteiger charge is 2.01. The molecular formula is C16H30O4Si. The van der Waals surface area contributed by atoms with Crippen LogP contribution in [0.15, 0.2) is 12.2 Å². The van der Waals surface area contributed by atoms with Crippen molar-refractivity contribution in [1.82, 2.24) is 0 Å². The summed E-state index contributed by atoms with van der Waals surface area (Å²) in [7, 11) is -0.787. The van der Waals surface area contributed by atoms with E-state index in [4.69, 9.17) is 9.16 Å². The molecule has 0 spiro atoms. The summed E-state index contributed by atoms with van der Waals surface area (Å²) in [6.45, 7) is 4.73. The number of carbonyl (C=O) groups excluding carboxylic acids is 2. The van der Waals surface area contributed by atoms with Gasteiger partial charge in [-0.3, -0.25) is 0 Å². The van der Waals surface area contributed by atoms with E-state index in [9.17, 15) is 9.59 Å². The second-order valence-corrected chi connectivity index (χ2v) is 6.55. The lowest BCUT2D eigenvalue weighted by molar-refractivity contribution is -0.138. The molecule has 122 valence electrons. The molecule has 0 unspecified atom stereocenters. The van der Waals surface area contributed by atoms with Gasteiger partial charge < -0.3 is 9.16 Å². The predicted molar refractivity (Wildman–Crippen MR) is 87.8 cm³/mol. The van der Waals surface area contributed by atoms with Crippen molar-refractivity contribution in [2.75, 3.05) is 6.61 Å². The Labute approximate surface area is 131 Å². The van der Waals surface area contributed by atoms with E-state index in [2.05, 4.69) is 13.8 Å². The van der Waals surface area contributed by atoms with Gasteiger partial charge in [0.15, 0.2) is 0 Å². The monoisotopic (exact) mass is 314 g/mol. The molecule has 0 bridgehead atoms. The Morgan fingerprint density at radius 1 is 0.857 bits per heavy atom. The fourth-order valence-corrected chi connectivity index (χ4v) is 2.81. The third-order valence-electron chi connectivity index (χ3n) is 3.09. The predicted octanol–water partition coefficient (Wildman–Crippen LogP) is 3.29. The lowest BCUT2D eigenvalue weighted by Crippen LogP contribution is -2.07. The average molecular weight is 314 g/mol. The summed E-state index contributed by atoms with van der Waals surface area (Å²) in [5.41, 5.74) is 0. The van der Waals surface area contributed by atoms with E-state index in [1.165, 1.54) is 25.3 Å². The van der Waals surface area contributed by atoms with E-state index in [0.29, 0.717) is 6.61 Å². The van der Waals surface area contributed by atoms with Gasteiger partial charge in [-0.2, -0.15) is 0 Å². The maximum atomic E-state index is 11.4. The molecule has 4 nitrogen and oxygen atoms in total. The molecule has 0 atom stereocenters. The topological polar surface area (TPSA) is 52.6 Å². The molecule has 0 heterocycles. The van der Waals surface area contributed by atoms with Gasteiger partial charge in [0.25, 0.3) is 0 Å². The van der Waals surface area contributed by atoms with Gasteiger partial charge in [0.1, 0.15) is 0 Å². The fraction of sp³-hybridized carbons (Fsp3) is 0.750. The normalized spacial score (nSPS) is 11.3. The molecule has 0 N–H and O–H groups in total. The van der Waals surface area contributed by atoms with Crippen molar-refractivity contribution in [3.8, 4) is 0 Å². The molecule has 5 heteroatoms. The smallest absolute Gasteiger partial charge is 0.331 e. The highest BCUT2D eigenvalue weighted by molar-refractivity contribution is 6.31. The molecule has 0 saturated heterocycles. The summed E-state index contributed by atoms with van der Waals surface area (Å²) in [5, 5.41) is 0. The SMILES string of the molecule is CCCCCCOC(=O)/C=C/C(=O)O[SiH2]CCCCCC. The van der Waals surface area contributed by atoms with Gasteiger partial charge in [-0.15, -0.1) is 0 Å². The minimum absolute atomic E-state index is 0.417. The van der Waals surface area contributed by atoms with E-state index >= 15 is 0 Å². The maximum Gasteiger partial charge on any atom is 0.331 e. The van der Waals surface area contributed by atoms with E-state index in [1.54, 1.807) is 0 Å². The van der Waals surface area contributed by atoms with E-state index < -0.39 is 21.7 Å². The van der Waals surface area contributed by atoms with E-state index in [1.807, 2.05) is 0 Å². The molecule has 0 aromatic heterocycles. The van der Waals surface area contributed by atoms with Crippen molar-refractivity contribution >= 4 is 21.7 Å². The van der Waals surface area contributed by atoms with Crippen molar-refractivity contribution in [2.24, 2.45) is 0 Å². The van der Waals surface area contributed by atoms with Crippen LogP contribution in [0.1, 0.15) is 65.2 Å². The summed E-state index contributed by atoms with van der Waals surface area (Å²) in [6, 6.07) is 1.02. The number of carbonyl (C=O) groups is 2. The van der Waals surface area contributed by atoms with Crippen LogP contribution in [0.4, 0.5) is 0 Å². The van der Waals surface area contributed by atoms with Gasteiger partial charge in [0.05, 0.1) is 6.61 Å². The summed E-state index contributed by atoms with van der Waals surface area (Å²) < 4.78 is 10.1. The molecule has 0 rings (SSSR count). The molecule has 21 heavy (non-hydrogen) atoms. The van der Waals surface area contributed by atoms with Gasteiger partial charge >= 0.3 is 11.9 Å². The molecule has 0 radical (unpaired) electrons. The van der Waals surface area contributed by atoms with E-state index in [-0.39, 0.29) is 0 Å². The Hall–Kier alpha value is -1.10. The molecule has 0 aromatic rings. The number of hydrogen-bond acceptors (Lipinski definition) is 4. The summed E-state index contributed by atoms with van der Waals surface area (Å²) >= 11 is 0. The van der Waals surface area contributed by atoms with Crippen molar-refractivity contribution in [2.45, 2.75) is 71.3 Å². The van der Waals surface area contributed by atoms with Crippen molar-refractivity contribution in [1.29, 1.82) is 0 Å². The quantitative estimate of drug-likeness (QED) is 0.226. The number of unbranched alkanes of at least 4 members (excludes halogenated alkanes) is 6. The lowest BCUT2D eigenvalue weighted by Gasteiger charge is -2.02. The van der Waals surface area contributed by atoms with Crippen LogP contribution in [0.25, 0.3) is 0 Å². The maximum absolute atomic E-state index is 11.4. The van der Waals surface area contributed by atoms with Crippen molar-refractivity contribution < 1.29 is 18.8 Å². The van der Waals surface area contributed by atoms with Gasteiger partial charge in [-0.25, -0.2) is 9.59 Å². The van der Waals surface area contributed by atoms with Crippen molar-refractivity contribution in [3.63, 3.8) is 0 Å². The number of rotatable bonds is 13. The van der Waals surface area contributed by atoms with Crippen LogP contribution >= 0.6 is 0 Å². The van der Waals surface area contributed by atoms with Gasteiger partial charge in [0, 0.05) is 12.2 Å². The third-order valence-corrected chi connectivity index (χ3v) is 4.37. The van der Waals surface area contributed by atoms with Crippen LogP contribution in [0.2, 0.25) is 6.04 Å². The second-order valence-electron chi connectivity index (χ2n) is 5.14. The Bertz CT molecular complexity index is 303. The van der Waals surface area contributed by atoms with Gasteiger partial charge in [-0.05, 0) is 12.5 Å². The molecule has 0 aliphatic carbocycles. The molecular weight excluding hydrogens is 284 g/mol. The first-order chi connectivity index (χ1) is 10.2. The first-order valence-corrected chi connectivity index (χ1v) is 9.80. The van der Waals surface area contributed by atoms with Crippen LogP contribution in [-0.4, -0.2) is 28.3 Å². The number of esters is 1. The number of hydrogen-bond donors (Lipinski definition) is 0. The summed E-state index contributed by atoms with van der Waals surface area (Å²) in [4.78, 5) is 22.7. The summed E-state index contributed by atoms with van der Waals surface area (Å²) in [5.74, 6) is -0.881. The number of ether oxygens (including phenoxy) is 1. The molecule has 0 fully saturated rings. The van der Waals surface area contributed by atoms with Crippen molar-refractivity contribution in [3.05, 3.63) is 12.2 Å². The Morgan fingerprint density at radius 2 is 1.48 bits per heavy atom. The van der Waals surface area contributed by atoms with Crippen LogP contribution in [-0.2, 0) is 18.8 Å². The molecule has 0 aliphatic rings. The van der Waals surface area contributed by atoms with E-state index in [0.717, 1.165) is 44.2 Å². The molecule has 0 saturated carbocycles. The second kappa shape index (κ2) is 15.3. The zero-order valence-corrected chi connectivity index (χ0v) is 15.0. The average Bonchev–Trinajstić information content (AvgIpc) is 2.48. The van der Waals surface area contributed by atoms with Gasteiger partial charge in [0.2, 0.25) is 9.76 Å². The Morgan fingerprint density at radius 3 is 2.14 bits per heavy atom.